The third-order valence-electron chi connectivity index (χ3n) is 2.21. The molecule has 1 aromatic rings. The number of hydrogen-bond acceptors (Lipinski definition) is 3. The van der Waals surface area contributed by atoms with Crippen molar-refractivity contribution in [1.29, 1.82) is 0 Å². The highest BCUT2D eigenvalue weighted by Crippen LogP contribution is 2.19. The summed E-state index contributed by atoms with van der Waals surface area (Å²) < 4.78 is 5.26. The molecule has 0 amide bonds. The summed E-state index contributed by atoms with van der Waals surface area (Å²) in [7, 11) is 0. The largest absolute Gasteiger partial charge is 0.460 e. The van der Waals surface area contributed by atoms with Crippen molar-refractivity contribution in [3.05, 3.63) is 30.3 Å². The molecule has 0 saturated carbocycles. The summed E-state index contributed by atoms with van der Waals surface area (Å²) >= 11 is 1.83. The fourth-order valence-corrected chi connectivity index (χ4v) is 2.40. The molecule has 0 saturated heterocycles. The Hall–Kier alpha value is -0.960. The highest BCUT2D eigenvalue weighted by Gasteiger charge is 2.15. The first-order valence-corrected chi connectivity index (χ1v) is 7.36. The standard InChI is InChI=1S/C15H22O2S/c1-15(2,3)17-14(16)11-7-8-12-18-13-9-5-4-6-10-13/h4-6,9-10H,7-8,11-12H2,1-3H3. The first-order valence-electron chi connectivity index (χ1n) is 6.37. The van der Waals surface area contributed by atoms with Gasteiger partial charge in [0, 0.05) is 11.3 Å². The Morgan fingerprint density at radius 1 is 1.17 bits per heavy atom. The summed E-state index contributed by atoms with van der Waals surface area (Å²) in [6.45, 7) is 5.70. The number of esters is 1. The van der Waals surface area contributed by atoms with E-state index in [9.17, 15) is 4.79 Å². The van der Waals surface area contributed by atoms with Gasteiger partial charge in [-0.25, -0.2) is 0 Å². The molecule has 1 aromatic carbocycles. The van der Waals surface area contributed by atoms with Gasteiger partial charge in [-0.3, -0.25) is 4.79 Å². The van der Waals surface area contributed by atoms with E-state index in [1.54, 1.807) is 0 Å². The smallest absolute Gasteiger partial charge is 0.306 e. The number of carbonyl (C=O) groups excluding carboxylic acids is 1. The summed E-state index contributed by atoms with van der Waals surface area (Å²) in [6, 6.07) is 10.3. The number of carbonyl (C=O) groups is 1. The maximum Gasteiger partial charge on any atom is 0.306 e. The van der Waals surface area contributed by atoms with Crippen LogP contribution >= 0.6 is 11.8 Å². The van der Waals surface area contributed by atoms with Crippen molar-refractivity contribution >= 4 is 17.7 Å². The first kappa shape index (κ1) is 15.1. The molecule has 2 nitrogen and oxygen atoms in total. The van der Waals surface area contributed by atoms with Crippen molar-refractivity contribution in [2.75, 3.05) is 5.75 Å². The van der Waals surface area contributed by atoms with Crippen LogP contribution in [0.3, 0.4) is 0 Å². The van der Waals surface area contributed by atoms with Crippen LogP contribution in [0.5, 0.6) is 0 Å². The maximum atomic E-state index is 11.5. The Morgan fingerprint density at radius 3 is 2.44 bits per heavy atom. The lowest BCUT2D eigenvalue weighted by Gasteiger charge is -2.19. The van der Waals surface area contributed by atoms with Crippen LogP contribution < -0.4 is 0 Å². The van der Waals surface area contributed by atoms with Gasteiger partial charge in [0.1, 0.15) is 5.60 Å². The summed E-state index contributed by atoms with van der Waals surface area (Å²) in [4.78, 5) is 12.7. The van der Waals surface area contributed by atoms with Crippen LogP contribution in [0.4, 0.5) is 0 Å². The molecule has 0 bridgehead atoms. The fourth-order valence-electron chi connectivity index (χ4n) is 1.47. The van der Waals surface area contributed by atoms with Crippen LogP contribution in [0.2, 0.25) is 0 Å². The van der Waals surface area contributed by atoms with Crippen molar-refractivity contribution in [1.82, 2.24) is 0 Å². The summed E-state index contributed by atoms with van der Waals surface area (Å²) in [5.41, 5.74) is -0.365. The highest BCUT2D eigenvalue weighted by molar-refractivity contribution is 7.99. The van der Waals surface area contributed by atoms with Crippen LogP contribution in [-0.4, -0.2) is 17.3 Å². The summed E-state index contributed by atoms with van der Waals surface area (Å²) in [5.74, 6) is 0.958. The summed E-state index contributed by atoms with van der Waals surface area (Å²) in [6.07, 6.45) is 2.46. The van der Waals surface area contributed by atoms with Crippen LogP contribution in [-0.2, 0) is 9.53 Å². The van der Waals surface area contributed by atoms with E-state index in [2.05, 4.69) is 12.1 Å². The fraction of sp³-hybridized carbons (Fsp3) is 0.533. The highest BCUT2D eigenvalue weighted by atomic mass is 32.2. The van der Waals surface area contributed by atoms with Gasteiger partial charge >= 0.3 is 5.97 Å². The van der Waals surface area contributed by atoms with Gasteiger partial charge in [0.05, 0.1) is 0 Å². The van der Waals surface area contributed by atoms with E-state index in [1.165, 1.54) is 4.90 Å². The van der Waals surface area contributed by atoms with E-state index in [1.807, 2.05) is 50.7 Å². The van der Waals surface area contributed by atoms with Crippen molar-refractivity contribution in [2.24, 2.45) is 0 Å². The monoisotopic (exact) mass is 266 g/mol. The predicted molar refractivity (Wildman–Crippen MR) is 76.9 cm³/mol. The van der Waals surface area contributed by atoms with Crippen LogP contribution in [0.1, 0.15) is 40.0 Å². The van der Waals surface area contributed by atoms with E-state index in [-0.39, 0.29) is 11.6 Å². The molecule has 1 rings (SSSR count). The third-order valence-corrected chi connectivity index (χ3v) is 3.31. The van der Waals surface area contributed by atoms with Gasteiger partial charge in [0.2, 0.25) is 0 Å². The second kappa shape index (κ2) is 7.47. The molecule has 0 aromatic heterocycles. The zero-order valence-electron chi connectivity index (χ0n) is 11.4. The minimum absolute atomic E-state index is 0.0905. The molecule has 100 valence electrons. The lowest BCUT2D eigenvalue weighted by molar-refractivity contribution is -0.154. The topological polar surface area (TPSA) is 26.3 Å². The molecule has 18 heavy (non-hydrogen) atoms. The van der Waals surface area contributed by atoms with E-state index in [0.717, 1.165) is 18.6 Å². The predicted octanol–water partition coefficient (Wildman–Crippen LogP) is 4.29. The number of benzene rings is 1. The van der Waals surface area contributed by atoms with Gasteiger partial charge < -0.3 is 4.74 Å². The van der Waals surface area contributed by atoms with Gasteiger partial charge in [-0.05, 0) is 51.5 Å². The van der Waals surface area contributed by atoms with Gasteiger partial charge in [-0.2, -0.15) is 0 Å². The molecule has 0 spiro atoms. The van der Waals surface area contributed by atoms with Crippen molar-refractivity contribution in [3.63, 3.8) is 0 Å². The average Bonchev–Trinajstić information content (AvgIpc) is 2.27. The molecule has 0 aliphatic carbocycles. The van der Waals surface area contributed by atoms with E-state index < -0.39 is 0 Å². The lowest BCUT2D eigenvalue weighted by atomic mass is 10.2. The Kier molecular flexibility index (Phi) is 6.27. The molecule has 3 heteroatoms. The van der Waals surface area contributed by atoms with Crippen molar-refractivity contribution < 1.29 is 9.53 Å². The van der Waals surface area contributed by atoms with E-state index in [0.29, 0.717) is 6.42 Å². The van der Waals surface area contributed by atoms with Gasteiger partial charge in [0.15, 0.2) is 0 Å². The van der Waals surface area contributed by atoms with Gasteiger partial charge in [0.25, 0.3) is 0 Å². The number of unbranched alkanes of at least 4 members (excludes halogenated alkanes) is 1. The van der Waals surface area contributed by atoms with E-state index >= 15 is 0 Å². The minimum Gasteiger partial charge on any atom is -0.460 e. The molecular weight excluding hydrogens is 244 g/mol. The van der Waals surface area contributed by atoms with E-state index in [4.69, 9.17) is 4.74 Å². The van der Waals surface area contributed by atoms with Crippen LogP contribution in [0.25, 0.3) is 0 Å². The number of thioether (sulfide) groups is 1. The molecule has 0 N–H and O–H groups in total. The zero-order valence-corrected chi connectivity index (χ0v) is 12.3. The third kappa shape index (κ3) is 7.38. The Morgan fingerprint density at radius 2 is 1.83 bits per heavy atom. The summed E-state index contributed by atoms with van der Waals surface area (Å²) in [5, 5.41) is 0. The number of ether oxygens (including phenoxy) is 1. The number of rotatable bonds is 6. The molecule has 0 atom stereocenters. The number of hydrogen-bond donors (Lipinski definition) is 0. The molecule has 0 heterocycles. The SMILES string of the molecule is CC(C)(C)OC(=O)CCCCSc1ccccc1. The second-order valence-corrected chi connectivity index (χ2v) is 6.37. The quantitative estimate of drug-likeness (QED) is 0.436. The normalized spacial score (nSPS) is 11.3. The van der Waals surface area contributed by atoms with Crippen LogP contribution in [0, 0.1) is 0 Å². The Labute approximate surface area is 114 Å². The molecule has 0 aliphatic heterocycles. The Balaban J connectivity index is 2.07. The molecular formula is C15H22O2S. The average molecular weight is 266 g/mol. The van der Waals surface area contributed by atoms with Gasteiger partial charge in [-0.15, -0.1) is 11.8 Å². The minimum atomic E-state index is -0.365. The van der Waals surface area contributed by atoms with Crippen molar-refractivity contribution in [2.45, 2.75) is 50.5 Å². The second-order valence-electron chi connectivity index (χ2n) is 5.21. The molecule has 0 fully saturated rings. The van der Waals surface area contributed by atoms with Crippen LogP contribution in [0.15, 0.2) is 35.2 Å². The molecule has 0 radical (unpaired) electrons. The van der Waals surface area contributed by atoms with Gasteiger partial charge in [-0.1, -0.05) is 18.2 Å². The first-order chi connectivity index (χ1) is 8.47. The Bertz CT molecular complexity index is 355. The lowest BCUT2D eigenvalue weighted by Crippen LogP contribution is -2.23. The zero-order chi connectivity index (χ0) is 13.4. The molecule has 0 aliphatic rings. The maximum absolute atomic E-state index is 11.5. The molecule has 0 unspecified atom stereocenters. The van der Waals surface area contributed by atoms with Crippen molar-refractivity contribution in [3.8, 4) is 0 Å².